The van der Waals surface area contributed by atoms with Gasteiger partial charge in [-0.2, -0.15) is 5.26 Å². The Morgan fingerprint density at radius 1 is 1.18 bits per heavy atom. The van der Waals surface area contributed by atoms with Crippen LogP contribution in [0, 0.1) is 21.4 Å². The van der Waals surface area contributed by atoms with Crippen LogP contribution in [0.5, 0.6) is 11.5 Å². The van der Waals surface area contributed by atoms with Crippen LogP contribution in [0.3, 0.4) is 0 Å². The van der Waals surface area contributed by atoms with Gasteiger partial charge in [-0.15, -0.1) is 0 Å². The first-order chi connectivity index (χ1) is 16.3. The molecule has 0 saturated carbocycles. The summed E-state index contributed by atoms with van der Waals surface area (Å²) < 4.78 is 11.3. The van der Waals surface area contributed by atoms with E-state index >= 15 is 0 Å². The predicted molar refractivity (Wildman–Crippen MR) is 129 cm³/mol. The number of rotatable bonds is 8. The topological polar surface area (TPSA) is 114 Å². The van der Waals surface area contributed by atoms with Gasteiger partial charge in [0.15, 0.2) is 11.5 Å². The SMILES string of the molecule is COc1cccc(/C=C(\C#N)C(=O)Nc2ccc([N+](=O)[O-])cc2Cl)c1OCc1cccc(Cl)c1. The number of nitriles is 1. The van der Waals surface area contributed by atoms with Crippen molar-refractivity contribution >= 4 is 46.6 Å². The van der Waals surface area contributed by atoms with Crippen molar-refractivity contribution in [3.63, 3.8) is 0 Å². The maximum Gasteiger partial charge on any atom is 0.271 e. The van der Waals surface area contributed by atoms with Gasteiger partial charge in [0.05, 0.1) is 22.7 Å². The Kier molecular flexibility index (Phi) is 8.09. The molecule has 0 aliphatic carbocycles. The van der Waals surface area contributed by atoms with Crippen LogP contribution in [0.4, 0.5) is 11.4 Å². The van der Waals surface area contributed by atoms with E-state index in [1.54, 1.807) is 36.4 Å². The molecule has 1 amide bonds. The number of non-ortho nitro benzene ring substituents is 1. The normalized spacial score (nSPS) is 10.8. The number of hydrogen-bond donors (Lipinski definition) is 1. The standard InChI is InChI=1S/C24H17Cl2N3O5/c1-33-22-7-3-5-16(23(22)34-14-15-4-2-6-18(25)10-15)11-17(13-27)24(30)28-21-9-8-19(29(31)32)12-20(21)26/h2-12H,14H2,1H3,(H,28,30)/b17-11+. The lowest BCUT2D eigenvalue weighted by atomic mass is 10.1. The molecule has 0 aliphatic rings. The fraction of sp³-hybridized carbons (Fsp3) is 0.0833. The van der Waals surface area contributed by atoms with E-state index in [4.69, 9.17) is 32.7 Å². The maximum atomic E-state index is 12.7. The number of carbonyl (C=O) groups excluding carboxylic acids is 1. The number of carbonyl (C=O) groups is 1. The molecular formula is C24H17Cl2N3O5. The minimum Gasteiger partial charge on any atom is -0.493 e. The van der Waals surface area contributed by atoms with E-state index in [0.29, 0.717) is 22.1 Å². The van der Waals surface area contributed by atoms with Crippen LogP contribution in [-0.2, 0) is 11.4 Å². The molecule has 0 unspecified atom stereocenters. The maximum absolute atomic E-state index is 12.7. The number of nitro groups is 1. The molecule has 0 fully saturated rings. The van der Waals surface area contributed by atoms with Gasteiger partial charge in [-0.3, -0.25) is 14.9 Å². The Balaban J connectivity index is 1.88. The monoisotopic (exact) mass is 497 g/mol. The number of nitro benzene ring substituents is 1. The van der Waals surface area contributed by atoms with Crippen LogP contribution in [-0.4, -0.2) is 17.9 Å². The van der Waals surface area contributed by atoms with Gasteiger partial charge in [-0.1, -0.05) is 47.5 Å². The molecule has 0 spiro atoms. The lowest BCUT2D eigenvalue weighted by molar-refractivity contribution is -0.384. The summed E-state index contributed by atoms with van der Waals surface area (Å²) in [7, 11) is 1.48. The average molecular weight is 498 g/mol. The quantitative estimate of drug-likeness (QED) is 0.175. The number of nitrogens with zero attached hydrogens (tertiary/aromatic N) is 2. The predicted octanol–water partition coefficient (Wildman–Crippen LogP) is 6.03. The summed E-state index contributed by atoms with van der Waals surface area (Å²) in [4.78, 5) is 23.0. The van der Waals surface area contributed by atoms with Crippen molar-refractivity contribution in [2.45, 2.75) is 6.61 Å². The minimum absolute atomic E-state index is 0.0354. The van der Waals surface area contributed by atoms with Gasteiger partial charge in [0.2, 0.25) is 0 Å². The third-order valence-electron chi connectivity index (χ3n) is 4.58. The third-order valence-corrected chi connectivity index (χ3v) is 5.13. The van der Waals surface area contributed by atoms with E-state index < -0.39 is 10.8 Å². The fourth-order valence-electron chi connectivity index (χ4n) is 2.96. The zero-order valence-electron chi connectivity index (χ0n) is 17.7. The number of halogens is 2. The van der Waals surface area contributed by atoms with Gasteiger partial charge >= 0.3 is 0 Å². The van der Waals surface area contributed by atoms with Crippen LogP contribution < -0.4 is 14.8 Å². The molecule has 0 saturated heterocycles. The third kappa shape index (κ3) is 6.04. The van der Waals surface area contributed by atoms with Crippen LogP contribution in [0.1, 0.15) is 11.1 Å². The number of benzene rings is 3. The number of hydrogen-bond acceptors (Lipinski definition) is 6. The lowest BCUT2D eigenvalue weighted by Gasteiger charge is -2.14. The average Bonchev–Trinajstić information content (AvgIpc) is 2.82. The number of nitrogens with one attached hydrogen (secondary N) is 1. The largest absolute Gasteiger partial charge is 0.493 e. The molecular weight excluding hydrogens is 481 g/mol. The molecule has 3 rings (SSSR count). The van der Waals surface area contributed by atoms with Crippen molar-refractivity contribution in [3.05, 3.63) is 97.5 Å². The van der Waals surface area contributed by atoms with Gasteiger partial charge in [0.1, 0.15) is 18.2 Å². The molecule has 10 heteroatoms. The Labute approximate surface area is 205 Å². The smallest absolute Gasteiger partial charge is 0.271 e. The summed E-state index contributed by atoms with van der Waals surface area (Å²) in [5.41, 5.74) is 0.913. The summed E-state index contributed by atoms with van der Waals surface area (Å²) in [6.45, 7) is 0.175. The van der Waals surface area contributed by atoms with Crippen molar-refractivity contribution in [3.8, 4) is 17.6 Å². The number of anilines is 1. The summed E-state index contributed by atoms with van der Waals surface area (Å²) in [5, 5.41) is 23.5. The van der Waals surface area contributed by atoms with Gasteiger partial charge in [-0.05, 0) is 35.9 Å². The first-order valence-corrected chi connectivity index (χ1v) is 10.5. The Morgan fingerprint density at radius 3 is 2.59 bits per heavy atom. The second-order valence-electron chi connectivity index (χ2n) is 6.84. The summed E-state index contributed by atoms with van der Waals surface area (Å²) >= 11 is 12.1. The van der Waals surface area contributed by atoms with Crippen molar-refractivity contribution in [2.24, 2.45) is 0 Å². The highest BCUT2D eigenvalue weighted by Gasteiger charge is 2.17. The van der Waals surface area contributed by atoms with Crippen molar-refractivity contribution in [1.29, 1.82) is 5.26 Å². The molecule has 172 valence electrons. The highest BCUT2D eigenvalue weighted by Crippen LogP contribution is 2.34. The first-order valence-electron chi connectivity index (χ1n) is 9.73. The first kappa shape index (κ1) is 24.6. The zero-order chi connectivity index (χ0) is 24.7. The van der Waals surface area contributed by atoms with Crippen LogP contribution in [0.2, 0.25) is 10.0 Å². The van der Waals surface area contributed by atoms with E-state index in [9.17, 15) is 20.2 Å². The molecule has 3 aromatic carbocycles. The van der Waals surface area contributed by atoms with E-state index in [0.717, 1.165) is 11.6 Å². The molecule has 1 N–H and O–H groups in total. The van der Waals surface area contributed by atoms with Crippen molar-refractivity contribution in [1.82, 2.24) is 0 Å². The van der Waals surface area contributed by atoms with Crippen LogP contribution in [0.15, 0.2) is 66.2 Å². The number of methoxy groups -OCH3 is 1. The molecule has 0 heterocycles. The second-order valence-corrected chi connectivity index (χ2v) is 7.69. The minimum atomic E-state index is -0.748. The van der Waals surface area contributed by atoms with Gasteiger partial charge in [0, 0.05) is 22.7 Å². The van der Waals surface area contributed by atoms with Gasteiger partial charge in [-0.25, -0.2) is 0 Å². The van der Waals surface area contributed by atoms with Crippen molar-refractivity contribution < 1.29 is 19.2 Å². The van der Waals surface area contributed by atoms with Crippen LogP contribution >= 0.6 is 23.2 Å². The number of amides is 1. The molecule has 0 bridgehead atoms. The van der Waals surface area contributed by atoms with E-state index in [1.807, 2.05) is 12.1 Å². The van der Waals surface area contributed by atoms with Crippen LogP contribution in [0.25, 0.3) is 6.08 Å². The fourth-order valence-corrected chi connectivity index (χ4v) is 3.39. The number of para-hydroxylation sites is 1. The highest BCUT2D eigenvalue weighted by atomic mass is 35.5. The Bertz CT molecular complexity index is 1320. The Hall–Kier alpha value is -4.06. The zero-order valence-corrected chi connectivity index (χ0v) is 19.3. The second kappa shape index (κ2) is 11.2. The van der Waals surface area contributed by atoms with Crippen molar-refractivity contribution in [2.75, 3.05) is 12.4 Å². The molecule has 8 nitrogen and oxygen atoms in total. The molecule has 0 aliphatic heterocycles. The van der Waals surface area contributed by atoms with E-state index in [1.165, 1.54) is 25.3 Å². The van der Waals surface area contributed by atoms with E-state index in [-0.39, 0.29) is 28.6 Å². The van der Waals surface area contributed by atoms with Gasteiger partial charge < -0.3 is 14.8 Å². The molecule has 0 atom stereocenters. The highest BCUT2D eigenvalue weighted by molar-refractivity contribution is 6.34. The molecule has 0 aromatic heterocycles. The number of ether oxygens (including phenoxy) is 2. The Morgan fingerprint density at radius 2 is 1.94 bits per heavy atom. The summed E-state index contributed by atoms with van der Waals surface area (Å²) in [6, 6.07) is 17.6. The van der Waals surface area contributed by atoms with E-state index in [2.05, 4.69) is 5.32 Å². The van der Waals surface area contributed by atoms with Gasteiger partial charge in [0.25, 0.3) is 11.6 Å². The molecule has 0 radical (unpaired) electrons. The summed E-state index contributed by atoms with van der Waals surface area (Å²) in [5.74, 6) is -0.00681. The molecule has 3 aromatic rings. The lowest BCUT2D eigenvalue weighted by Crippen LogP contribution is -2.14. The molecule has 34 heavy (non-hydrogen) atoms. The summed E-state index contributed by atoms with van der Waals surface area (Å²) in [6.07, 6.45) is 1.35.